The average molecular weight is 428 g/mol. The van der Waals surface area contributed by atoms with Crippen LogP contribution in [0.4, 0.5) is 5.82 Å². The second kappa shape index (κ2) is 10.9. The Morgan fingerprint density at radius 2 is 2.11 bits per heavy atom. The van der Waals surface area contributed by atoms with Gasteiger partial charge in [0.15, 0.2) is 5.16 Å². The Labute approximate surface area is 176 Å². The number of aromatic nitrogens is 2. The Bertz CT molecular complexity index is 688. The van der Waals surface area contributed by atoms with Crippen LogP contribution in [-0.4, -0.2) is 64.7 Å². The Balaban J connectivity index is 1.97. The lowest BCUT2D eigenvalue weighted by atomic mass is 10.1. The Hall–Kier alpha value is -1.54. The number of piperazine rings is 1. The summed E-state index contributed by atoms with van der Waals surface area (Å²) >= 11 is 7.46. The van der Waals surface area contributed by atoms with Crippen molar-refractivity contribution < 1.29 is 9.59 Å². The molecule has 156 valence electrons. The largest absolute Gasteiger partial charge is 0.355 e. The van der Waals surface area contributed by atoms with Crippen molar-refractivity contribution in [1.82, 2.24) is 20.2 Å². The second-order valence-electron chi connectivity index (χ2n) is 7.45. The van der Waals surface area contributed by atoms with E-state index < -0.39 is 0 Å². The van der Waals surface area contributed by atoms with Crippen molar-refractivity contribution in [2.75, 3.05) is 36.8 Å². The number of thioether (sulfide) groups is 1. The number of hydrogen-bond donors (Lipinski definition) is 1. The maximum atomic E-state index is 12.2. The first-order valence-electron chi connectivity index (χ1n) is 9.78. The Morgan fingerprint density at radius 3 is 2.75 bits per heavy atom. The normalized spacial score (nSPS) is 17.1. The first-order valence-corrected chi connectivity index (χ1v) is 11.1. The molecule has 0 aromatic carbocycles. The van der Waals surface area contributed by atoms with E-state index in [-0.39, 0.29) is 23.6 Å². The summed E-state index contributed by atoms with van der Waals surface area (Å²) in [5.74, 6) is 1.56. The Kier molecular flexibility index (Phi) is 8.82. The van der Waals surface area contributed by atoms with E-state index in [2.05, 4.69) is 41.0 Å². The number of rotatable bonds is 8. The van der Waals surface area contributed by atoms with Gasteiger partial charge in [-0.15, -0.1) is 0 Å². The molecule has 1 fully saturated rings. The van der Waals surface area contributed by atoms with Crippen molar-refractivity contribution in [2.45, 2.75) is 51.7 Å². The molecular weight excluding hydrogens is 398 g/mol. The van der Waals surface area contributed by atoms with Crippen LogP contribution in [-0.2, 0) is 9.59 Å². The van der Waals surface area contributed by atoms with Crippen molar-refractivity contribution in [3.8, 4) is 0 Å². The third-order valence-electron chi connectivity index (χ3n) is 4.44. The number of nitrogens with zero attached hydrogens (tertiary/aromatic N) is 4. The molecule has 1 unspecified atom stereocenters. The molecule has 7 nitrogen and oxygen atoms in total. The number of anilines is 1. The van der Waals surface area contributed by atoms with Crippen molar-refractivity contribution in [1.29, 1.82) is 0 Å². The van der Waals surface area contributed by atoms with Gasteiger partial charge in [-0.1, -0.05) is 44.1 Å². The highest BCUT2D eigenvalue weighted by Crippen LogP contribution is 2.24. The predicted molar refractivity (Wildman–Crippen MR) is 114 cm³/mol. The van der Waals surface area contributed by atoms with E-state index in [0.717, 1.165) is 12.2 Å². The molecule has 0 spiro atoms. The van der Waals surface area contributed by atoms with Crippen molar-refractivity contribution >= 4 is 41.0 Å². The Morgan fingerprint density at radius 1 is 1.36 bits per heavy atom. The van der Waals surface area contributed by atoms with Gasteiger partial charge in [-0.3, -0.25) is 9.59 Å². The topological polar surface area (TPSA) is 78.4 Å². The van der Waals surface area contributed by atoms with Gasteiger partial charge in [0.25, 0.3) is 0 Å². The molecule has 1 aliphatic rings. The van der Waals surface area contributed by atoms with E-state index in [4.69, 9.17) is 11.6 Å². The monoisotopic (exact) mass is 427 g/mol. The quantitative estimate of drug-likeness (QED) is 0.390. The van der Waals surface area contributed by atoms with Crippen LogP contribution in [0.15, 0.2) is 11.2 Å². The molecule has 0 radical (unpaired) electrons. The molecule has 0 aliphatic carbocycles. The summed E-state index contributed by atoms with van der Waals surface area (Å²) in [5, 5.41) is 3.72. The third-order valence-corrected chi connectivity index (χ3v) is 5.48. The van der Waals surface area contributed by atoms with E-state index in [9.17, 15) is 9.59 Å². The van der Waals surface area contributed by atoms with E-state index in [1.54, 1.807) is 6.07 Å². The molecule has 1 aromatic heterocycles. The molecule has 2 amide bonds. The number of amides is 2. The van der Waals surface area contributed by atoms with E-state index in [1.807, 2.05) is 11.8 Å². The highest BCUT2D eigenvalue weighted by atomic mass is 35.5. The molecule has 2 rings (SSSR count). The lowest BCUT2D eigenvalue weighted by molar-refractivity contribution is -0.133. The number of carbonyl (C=O) groups is 2. The summed E-state index contributed by atoms with van der Waals surface area (Å²) in [7, 11) is 0. The first-order chi connectivity index (χ1) is 13.3. The summed E-state index contributed by atoms with van der Waals surface area (Å²) in [5.41, 5.74) is 0. The van der Waals surface area contributed by atoms with Crippen molar-refractivity contribution in [3.63, 3.8) is 0 Å². The average Bonchev–Trinajstić information content (AvgIpc) is 2.64. The zero-order valence-electron chi connectivity index (χ0n) is 17.1. The van der Waals surface area contributed by atoms with E-state index in [1.165, 1.54) is 11.8 Å². The highest BCUT2D eigenvalue weighted by Gasteiger charge is 2.28. The maximum absolute atomic E-state index is 12.2. The minimum atomic E-state index is -0.0412. The van der Waals surface area contributed by atoms with Crippen LogP contribution in [0.2, 0.25) is 5.15 Å². The van der Waals surface area contributed by atoms with Crippen LogP contribution in [0.1, 0.15) is 40.5 Å². The summed E-state index contributed by atoms with van der Waals surface area (Å²) in [4.78, 5) is 37.0. The molecule has 1 aliphatic heterocycles. The molecule has 1 atom stereocenters. The van der Waals surface area contributed by atoms with Gasteiger partial charge in [-0.05, 0) is 19.3 Å². The fourth-order valence-corrected chi connectivity index (χ4v) is 3.92. The van der Waals surface area contributed by atoms with E-state index >= 15 is 0 Å². The van der Waals surface area contributed by atoms with Gasteiger partial charge >= 0.3 is 0 Å². The summed E-state index contributed by atoms with van der Waals surface area (Å²) in [6.07, 6.45) is 1.45. The molecule has 1 N–H and O–H groups in total. The highest BCUT2D eigenvalue weighted by molar-refractivity contribution is 7.99. The van der Waals surface area contributed by atoms with Crippen LogP contribution in [0.5, 0.6) is 0 Å². The summed E-state index contributed by atoms with van der Waals surface area (Å²) in [6, 6.07) is 1.85. The first kappa shape index (κ1) is 22.7. The molecule has 28 heavy (non-hydrogen) atoms. The number of nitrogens with one attached hydrogen (secondary N) is 1. The lowest BCUT2D eigenvalue weighted by Crippen LogP contribution is -2.54. The molecule has 1 aromatic rings. The van der Waals surface area contributed by atoms with Gasteiger partial charge in [0.2, 0.25) is 11.8 Å². The molecular formula is C19H30ClN5O2S. The number of halogens is 1. The van der Waals surface area contributed by atoms with Crippen molar-refractivity contribution in [2.24, 2.45) is 5.92 Å². The third kappa shape index (κ3) is 6.81. The fraction of sp³-hybridized carbons (Fsp3) is 0.684. The number of hydrogen-bond acceptors (Lipinski definition) is 6. The van der Waals surface area contributed by atoms with E-state index in [0.29, 0.717) is 48.8 Å². The SMILES string of the molecule is CCCC(=O)N1CCN(c2cc(Cl)nc(SCC(=O)NCC(C)C)n2)CC1C. The number of carbonyl (C=O) groups excluding carboxylic acids is 2. The lowest BCUT2D eigenvalue weighted by Gasteiger charge is -2.40. The maximum Gasteiger partial charge on any atom is 0.230 e. The van der Waals surface area contributed by atoms with Crippen molar-refractivity contribution in [3.05, 3.63) is 11.2 Å². The van der Waals surface area contributed by atoms with Crippen LogP contribution >= 0.6 is 23.4 Å². The van der Waals surface area contributed by atoms with Crippen LogP contribution in [0, 0.1) is 5.92 Å². The standard InChI is InChI=1S/C19H30ClN5O2S/c1-5-6-18(27)25-8-7-24(11-14(25)4)16-9-15(20)22-19(23-16)28-12-17(26)21-10-13(2)3/h9,13-14H,5-8,10-12H2,1-4H3,(H,21,26). The minimum Gasteiger partial charge on any atom is -0.355 e. The smallest absolute Gasteiger partial charge is 0.230 e. The second-order valence-corrected chi connectivity index (χ2v) is 8.78. The van der Waals surface area contributed by atoms with Crippen LogP contribution in [0.3, 0.4) is 0 Å². The fourth-order valence-electron chi connectivity index (χ4n) is 3.00. The van der Waals surface area contributed by atoms with Crippen LogP contribution < -0.4 is 10.2 Å². The van der Waals surface area contributed by atoms with Gasteiger partial charge in [0.1, 0.15) is 11.0 Å². The summed E-state index contributed by atoms with van der Waals surface area (Å²) in [6.45, 7) is 10.9. The van der Waals surface area contributed by atoms with Gasteiger partial charge in [-0.2, -0.15) is 0 Å². The van der Waals surface area contributed by atoms with Gasteiger partial charge in [0, 0.05) is 44.7 Å². The minimum absolute atomic E-state index is 0.0412. The molecule has 0 bridgehead atoms. The van der Waals surface area contributed by atoms with Gasteiger partial charge in [-0.25, -0.2) is 9.97 Å². The summed E-state index contributed by atoms with van der Waals surface area (Å²) < 4.78 is 0. The zero-order valence-corrected chi connectivity index (χ0v) is 18.6. The zero-order chi connectivity index (χ0) is 20.7. The molecule has 9 heteroatoms. The van der Waals surface area contributed by atoms with Gasteiger partial charge in [0.05, 0.1) is 5.75 Å². The molecule has 2 heterocycles. The molecule has 0 saturated carbocycles. The van der Waals surface area contributed by atoms with Gasteiger partial charge < -0.3 is 15.1 Å². The molecule has 1 saturated heterocycles. The predicted octanol–water partition coefficient (Wildman–Crippen LogP) is 2.83. The van der Waals surface area contributed by atoms with Crippen LogP contribution in [0.25, 0.3) is 0 Å².